The zero-order chi connectivity index (χ0) is 16.9. The molecule has 2 aromatic heterocycles. The smallest absolute Gasteiger partial charge is 0.160 e. The maximum absolute atomic E-state index is 10.3. The molecule has 24 heavy (non-hydrogen) atoms. The van der Waals surface area contributed by atoms with Crippen LogP contribution in [0.15, 0.2) is 49.2 Å². The van der Waals surface area contributed by atoms with Crippen LogP contribution in [0.2, 0.25) is 5.02 Å². The molecule has 0 radical (unpaired) electrons. The molecule has 2 heterocycles. The van der Waals surface area contributed by atoms with Crippen LogP contribution in [-0.2, 0) is 6.54 Å². The summed E-state index contributed by atoms with van der Waals surface area (Å²) in [6.07, 6.45) is 7.57. The lowest BCUT2D eigenvalue weighted by Gasteiger charge is -2.15. The van der Waals surface area contributed by atoms with Crippen LogP contribution in [0.25, 0.3) is 11.5 Å². The largest absolute Gasteiger partial charge is 0.489 e. The van der Waals surface area contributed by atoms with Gasteiger partial charge in [0.1, 0.15) is 24.2 Å². The summed E-state index contributed by atoms with van der Waals surface area (Å²) < 4.78 is 7.45. The van der Waals surface area contributed by atoms with E-state index in [2.05, 4.69) is 15.0 Å². The van der Waals surface area contributed by atoms with E-state index in [1.807, 2.05) is 23.6 Å². The Labute approximate surface area is 144 Å². The first kappa shape index (κ1) is 16.4. The predicted octanol–water partition coefficient (Wildman–Crippen LogP) is 2.74. The average molecular weight is 345 g/mol. The van der Waals surface area contributed by atoms with Gasteiger partial charge in [-0.1, -0.05) is 17.7 Å². The van der Waals surface area contributed by atoms with E-state index >= 15 is 0 Å². The van der Waals surface area contributed by atoms with Crippen LogP contribution >= 0.6 is 11.6 Å². The topological polar surface area (TPSA) is 73.1 Å². The van der Waals surface area contributed by atoms with Crippen LogP contribution < -0.4 is 4.74 Å². The van der Waals surface area contributed by atoms with Crippen molar-refractivity contribution in [2.75, 3.05) is 6.61 Å². The minimum absolute atomic E-state index is 0.126. The number of aliphatic hydroxyl groups is 1. The summed E-state index contributed by atoms with van der Waals surface area (Å²) in [5.74, 6) is 1.21. The van der Waals surface area contributed by atoms with Crippen LogP contribution in [0.5, 0.6) is 5.75 Å². The van der Waals surface area contributed by atoms with Crippen molar-refractivity contribution in [3.8, 4) is 17.3 Å². The Morgan fingerprint density at radius 1 is 1.25 bits per heavy atom. The van der Waals surface area contributed by atoms with Gasteiger partial charge in [0, 0.05) is 24.8 Å². The summed E-state index contributed by atoms with van der Waals surface area (Å²) in [6.45, 7) is 2.41. The molecule has 1 atom stereocenters. The molecule has 6 nitrogen and oxygen atoms in total. The average Bonchev–Trinajstić information content (AvgIpc) is 3.04. The summed E-state index contributed by atoms with van der Waals surface area (Å²) in [5.41, 5.74) is 1.70. The first-order chi connectivity index (χ1) is 11.6. The van der Waals surface area contributed by atoms with E-state index in [0.717, 1.165) is 5.56 Å². The minimum atomic E-state index is -0.716. The van der Waals surface area contributed by atoms with Gasteiger partial charge in [-0.15, -0.1) is 0 Å². The van der Waals surface area contributed by atoms with Crippen LogP contribution in [0.4, 0.5) is 0 Å². The molecule has 0 amide bonds. The standard InChI is InChI=1S/C17H17ClN4O2/c1-12-2-3-14(18)16(8-12)24-11-13(23)10-22-7-6-21-17(22)15-9-19-4-5-20-15/h2-9,13,23H,10-11H2,1H3/t13-/m1/s1. The van der Waals surface area contributed by atoms with E-state index in [1.165, 1.54) is 0 Å². The van der Waals surface area contributed by atoms with Crippen molar-refractivity contribution in [2.45, 2.75) is 19.6 Å². The van der Waals surface area contributed by atoms with Gasteiger partial charge in [-0.3, -0.25) is 4.98 Å². The number of aliphatic hydroxyl groups excluding tert-OH is 1. The zero-order valence-corrected chi connectivity index (χ0v) is 13.9. The van der Waals surface area contributed by atoms with E-state index < -0.39 is 6.10 Å². The molecule has 7 heteroatoms. The fourth-order valence-electron chi connectivity index (χ4n) is 2.29. The van der Waals surface area contributed by atoms with Gasteiger partial charge in [0.2, 0.25) is 0 Å². The maximum atomic E-state index is 10.3. The Balaban J connectivity index is 1.65. The first-order valence-corrected chi connectivity index (χ1v) is 7.86. The molecule has 0 spiro atoms. The van der Waals surface area contributed by atoms with Crippen LogP contribution in [0.1, 0.15) is 5.56 Å². The summed E-state index contributed by atoms with van der Waals surface area (Å²) in [4.78, 5) is 12.5. The summed E-state index contributed by atoms with van der Waals surface area (Å²) in [7, 11) is 0. The number of halogens is 1. The van der Waals surface area contributed by atoms with Crippen molar-refractivity contribution in [3.63, 3.8) is 0 Å². The molecular weight excluding hydrogens is 328 g/mol. The Morgan fingerprint density at radius 2 is 2.12 bits per heavy atom. The molecule has 1 aromatic carbocycles. The Bertz CT molecular complexity index is 807. The summed E-state index contributed by atoms with van der Waals surface area (Å²) in [5, 5.41) is 10.8. The van der Waals surface area contributed by atoms with Crippen molar-refractivity contribution in [1.29, 1.82) is 0 Å². The lowest BCUT2D eigenvalue weighted by Crippen LogP contribution is -2.24. The van der Waals surface area contributed by atoms with Crippen molar-refractivity contribution in [3.05, 3.63) is 59.8 Å². The first-order valence-electron chi connectivity index (χ1n) is 7.48. The van der Waals surface area contributed by atoms with Gasteiger partial charge in [-0.2, -0.15) is 0 Å². The van der Waals surface area contributed by atoms with Crippen LogP contribution in [0.3, 0.4) is 0 Å². The Morgan fingerprint density at radius 3 is 2.92 bits per heavy atom. The van der Waals surface area contributed by atoms with Crippen LogP contribution in [-0.4, -0.2) is 37.3 Å². The summed E-state index contributed by atoms with van der Waals surface area (Å²) >= 11 is 6.09. The molecule has 3 rings (SSSR count). The highest BCUT2D eigenvalue weighted by molar-refractivity contribution is 6.32. The number of ether oxygens (including phenoxy) is 1. The quantitative estimate of drug-likeness (QED) is 0.744. The minimum Gasteiger partial charge on any atom is -0.489 e. The van der Waals surface area contributed by atoms with Gasteiger partial charge >= 0.3 is 0 Å². The molecule has 3 aromatic rings. The molecule has 1 N–H and O–H groups in total. The number of benzene rings is 1. The molecule has 124 valence electrons. The van der Waals surface area contributed by atoms with E-state index in [1.54, 1.807) is 37.1 Å². The molecule has 0 saturated heterocycles. The second kappa shape index (κ2) is 7.42. The maximum Gasteiger partial charge on any atom is 0.160 e. The second-order valence-electron chi connectivity index (χ2n) is 5.39. The molecule has 0 aliphatic rings. The lowest BCUT2D eigenvalue weighted by molar-refractivity contribution is 0.0929. The van der Waals surface area contributed by atoms with E-state index in [0.29, 0.717) is 28.8 Å². The molecule has 0 saturated carbocycles. The third kappa shape index (κ3) is 3.90. The van der Waals surface area contributed by atoms with E-state index in [9.17, 15) is 5.11 Å². The van der Waals surface area contributed by atoms with Gasteiger partial charge in [0.05, 0.1) is 17.8 Å². The molecular formula is C17H17ClN4O2. The number of imidazole rings is 1. The number of aryl methyl sites for hydroxylation is 1. The van der Waals surface area contributed by atoms with Gasteiger partial charge in [-0.25, -0.2) is 9.97 Å². The zero-order valence-electron chi connectivity index (χ0n) is 13.1. The Hall–Kier alpha value is -2.44. The van der Waals surface area contributed by atoms with Crippen molar-refractivity contribution >= 4 is 11.6 Å². The normalized spacial score (nSPS) is 12.1. The molecule has 0 aliphatic carbocycles. The SMILES string of the molecule is Cc1ccc(Cl)c(OC[C@H](O)Cn2ccnc2-c2cnccn2)c1. The number of aromatic nitrogens is 4. The second-order valence-corrected chi connectivity index (χ2v) is 5.80. The number of rotatable bonds is 6. The highest BCUT2D eigenvalue weighted by Crippen LogP contribution is 2.25. The van der Waals surface area contributed by atoms with Crippen LogP contribution in [0, 0.1) is 6.92 Å². The Kier molecular flexibility index (Phi) is 5.08. The predicted molar refractivity (Wildman–Crippen MR) is 90.9 cm³/mol. The third-order valence-corrected chi connectivity index (χ3v) is 3.75. The molecule has 0 unspecified atom stereocenters. The fourth-order valence-corrected chi connectivity index (χ4v) is 2.46. The monoisotopic (exact) mass is 344 g/mol. The fraction of sp³-hybridized carbons (Fsp3) is 0.235. The third-order valence-electron chi connectivity index (χ3n) is 3.43. The molecule has 0 fully saturated rings. The van der Waals surface area contributed by atoms with Crippen molar-refractivity contribution < 1.29 is 9.84 Å². The number of hydrogen-bond donors (Lipinski definition) is 1. The van der Waals surface area contributed by atoms with Gasteiger partial charge in [0.15, 0.2) is 5.82 Å². The van der Waals surface area contributed by atoms with Gasteiger partial charge in [0.25, 0.3) is 0 Å². The molecule has 0 aliphatic heterocycles. The van der Waals surface area contributed by atoms with E-state index in [4.69, 9.17) is 16.3 Å². The highest BCUT2D eigenvalue weighted by atomic mass is 35.5. The van der Waals surface area contributed by atoms with Crippen molar-refractivity contribution in [2.24, 2.45) is 0 Å². The summed E-state index contributed by atoms with van der Waals surface area (Å²) in [6, 6.07) is 5.53. The molecule has 0 bridgehead atoms. The van der Waals surface area contributed by atoms with E-state index in [-0.39, 0.29) is 6.61 Å². The van der Waals surface area contributed by atoms with Gasteiger partial charge < -0.3 is 14.4 Å². The lowest BCUT2D eigenvalue weighted by atomic mass is 10.2. The van der Waals surface area contributed by atoms with Crippen molar-refractivity contribution in [1.82, 2.24) is 19.5 Å². The number of nitrogens with zero attached hydrogens (tertiary/aromatic N) is 4. The van der Waals surface area contributed by atoms with Gasteiger partial charge in [-0.05, 0) is 24.6 Å². The highest BCUT2D eigenvalue weighted by Gasteiger charge is 2.13. The number of hydrogen-bond acceptors (Lipinski definition) is 5.